The number of hydrogen-bond acceptors (Lipinski definition) is 5. The van der Waals surface area contributed by atoms with Gasteiger partial charge in [0.05, 0.1) is 7.11 Å². The number of amides is 3. The molecule has 0 aromatic heterocycles. The van der Waals surface area contributed by atoms with Crippen molar-refractivity contribution in [1.82, 2.24) is 5.32 Å². The molecule has 0 saturated heterocycles. The summed E-state index contributed by atoms with van der Waals surface area (Å²) >= 11 is 0. The molecule has 28 heavy (non-hydrogen) atoms. The number of hydrogen-bond donors (Lipinski definition) is 2. The molecule has 3 amide bonds. The first-order valence-corrected chi connectivity index (χ1v) is 8.58. The van der Waals surface area contributed by atoms with Gasteiger partial charge in [-0.3, -0.25) is 9.59 Å². The number of ether oxygens (including phenoxy) is 2. The highest BCUT2D eigenvalue weighted by Crippen LogP contribution is 2.19. The number of rotatable bonds is 8. The maximum absolute atomic E-state index is 13.0. The van der Waals surface area contributed by atoms with Crippen LogP contribution in [-0.2, 0) is 20.7 Å². The minimum absolute atomic E-state index is 0.280. The van der Waals surface area contributed by atoms with Crippen LogP contribution in [-0.4, -0.2) is 44.7 Å². The van der Waals surface area contributed by atoms with E-state index in [0.29, 0.717) is 11.4 Å². The van der Waals surface area contributed by atoms with Gasteiger partial charge in [-0.25, -0.2) is 4.79 Å². The van der Waals surface area contributed by atoms with Crippen molar-refractivity contribution in [3.05, 3.63) is 60.2 Å². The summed E-state index contributed by atoms with van der Waals surface area (Å²) < 4.78 is 9.62. The van der Waals surface area contributed by atoms with E-state index in [1.807, 2.05) is 30.3 Å². The van der Waals surface area contributed by atoms with E-state index in [-0.39, 0.29) is 12.3 Å². The number of carbonyl (C=O) groups is 3. The summed E-state index contributed by atoms with van der Waals surface area (Å²) in [4.78, 5) is 37.2. The molecule has 2 rings (SSSR count). The molecule has 0 bridgehead atoms. The predicted molar refractivity (Wildman–Crippen MR) is 104 cm³/mol. The fraction of sp³-hybridized carbons (Fsp3) is 0.250. The van der Waals surface area contributed by atoms with Gasteiger partial charge in [-0.1, -0.05) is 30.3 Å². The zero-order valence-electron chi connectivity index (χ0n) is 15.8. The van der Waals surface area contributed by atoms with Gasteiger partial charge in [0.25, 0.3) is 5.91 Å². The van der Waals surface area contributed by atoms with Gasteiger partial charge in [-0.05, 0) is 29.8 Å². The highest BCUT2D eigenvalue weighted by molar-refractivity contribution is 5.99. The first-order chi connectivity index (χ1) is 13.4. The first-order valence-electron chi connectivity index (χ1n) is 8.58. The van der Waals surface area contributed by atoms with E-state index in [0.717, 1.165) is 5.56 Å². The monoisotopic (exact) mass is 385 g/mol. The SMILES string of the molecule is COc1ccc(N(C)C(=O)[C@H](Cc2ccccc2)NC(=O)COC(N)=O)cc1. The number of primary amides is 1. The van der Waals surface area contributed by atoms with Crippen molar-refractivity contribution in [1.29, 1.82) is 0 Å². The molecular formula is C20H23N3O5. The van der Waals surface area contributed by atoms with Gasteiger partial charge in [-0.2, -0.15) is 0 Å². The summed E-state index contributed by atoms with van der Waals surface area (Å²) in [6, 6.07) is 15.4. The lowest BCUT2D eigenvalue weighted by molar-refractivity contribution is -0.129. The molecule has 2 aromatic rings. The summed E-state index contributed by atoms with van der Waals surface area (Å²) in [5.74, 6) is -0.264. The van der Waals surface area contributed by atoms with Crippen molar-refractivity contribution in [2.24, 2.45) is 5.73 Å². The predicted octanol–water partition coefficient (Wildman–Crippen LogP) is 1.48. The number of nitrogens with one attached hydrogen (secondary N) is 1. The largest absolute Gasteiger partial charge is 0.497 e. The van der Waals surface area contributed by atoms with Crippen LogP contribution in [0, 0.1) is 0 Å². The second-order valence-electron chi connectivity index (χ2n) is 6.01. The van der Waals surface area contributed by atoms with Gasteiger partial charge in [0.15, 0.2) is 6.61 Å². The minimum atomic E-state index is -1.06. The lowest BCUT2D eigenvalue weighted by Crippen LogP contribution is -2.49. The van der Waals surface area contributed by atoms with Crippen LogP contribution in [0.1, 0.15) is 5.56 Å². The molecule has 3 N–H and O–H groups in total. The van der Waals surface area contributed by atoms with E-state index in [1.54, 1.807) is 38.4 Å². The molecule has 0 saturated carbocycles. The van der Waals surface area contributed by atoms with Crippen LogP contribution < -0.4 is 20.7 Å². The number of methoxy groups -OCH3 is 1. The Bertz CT molecular complexity index is 808. The van der Waals surface area contributed by atoms with Crippen LogP contribution in [0.2, 0.25) is 0 Å². The first kappa shape index (κ1) is 20.8. The third-order valence-corrected chi connectivity index (χ3v) is 4.05. The van der Waals surface area contributed by atoms with Crippen LogP contribution in [0.15, 0.2) is 54.6 Å². The molecule has 2 aromatic carbocycles. The summed E-state index contributed by atoms with van der Waals surface area (Å²) in [5.41, 5.74) is 6.40. The summed E-state index contributed by atoms with van der Waals surface area (Å²) in [7, 11) is 3.18. The Balaban J connectivity index is 2.16. The third-order valence-electron chi connectivity index (χ3n) is 4.05. The Kier molecular flexibility index (Phi) is 7.38. The minimum Gasteiger partial charge on any atom is -0.497 e. The summed E-state index contributed by atoms with van der Waals surface area (Å²) in [5, 5.41) is 2.61. The van der Waals surface area contributed by atoms with Gasteiger partial charge >= 0.3 is 6.09 Å². The van der Waals surface area contributed by atoms with Gasteiger partial charge < -0.3 is 25.4 Å². The van der Waals surface area contributed by atoms with Crippen molar-refractivity contribution in [3.8, 4) is 5.75 Å². The lowest BCUT2D eigenvalue weighted by atomic mass is 10.0. The fourth-order valence-corrected chi connectivity index (χ4v) is 2.59. The number of anilines is 1. The van der Waals surface area contributed by atoms with Gasteiger partial charge in [0.2, 0.25) is 5.91 Å². The Morgan fingerprint density at radius 1 is 1.07 bits per heavy atom. The molecule has 0 aliphatic heterocycles. The standard InChI is InChI=1S/C20H23N3O5/c1-23(15-8-10-16(27-2)11-9-15)19(25)17(12-14-6-4-3-5-7-14)22-18(24)13-28-20(21)26/h3-11,17H,12-13H2,1-2H3,(H2,21,26)(H,22,24)/t17-/m0/s1. The third kappa shape index (κ3) is 6.01. The highest BCUT2D eigenvalue weighted by Gasteiger charge is 2.25. The summed E-state index contributed by atoms with van der Waals surface area (Å²) in [6.07, 6.45) is -0.779. The average molecular weight is 385 g/mol. The van der Waals surface area contributed by atoms with Crippen molar-refractivity contribution in [2.75, 3.05) is 25.7 Å². The number of likely N-dealkylation sites (N-methyl/N-ethyl adjacent to an activating group) is 1. The van der Waals surface area contributed by atoms with Crippen LogP contribution >= 0.6 is 0 Å². The van der Waals surface area contributed by atoms with Gasteiger partial charge in [0.1, 0.15) is 11.8 Å². The van der Waals surface area contributed by atoms with E-state index in [9.17, 15) is 14.4 Å². The van der Waals surface area contributed by atoms with E-state index in [4.69, 9.17) is 10.5 Å². The number of carbonyl (C=O) groups excluding carboxylic acids is 3. The normalized spacial score (nSPS) is 11.2. The zero-order valence-corrected chi connectivity index (χ0v) is 15.8. The van der Waals surface area contributed by atoms with Crippen LogP contribution in [0.4, 0.5) is 10.5 Å². The molecule has 8 nitrogen and oxygen atoms in total. The molecular weight excluding hydrogens is 362 g/mol. The molecule has 0 aliphatic carbocycles. The number of benzene rings is 2. The van der Waals surface area contributed by atoms with Gasteiger partial charge in [0, 0.05) is 19.2 Å². The Labute approximate surface area is 163 Å². The molecule has 0 heterocycles. The van der Waals surface area contributed by atoms with Crippen molar-refractivity contribution < 1.29 is 23.9 Å². The molecule has 0 spiro atoms. The van der Waals surface area contributed by atoms with Crippen LogP contribution in [0.25, 0.3) is 0 Å². The molecule has 0 fully saturated rings. The Hall–Kier alpha value is -3.55. The second kappa shape index (κ2) is 9.96. The van der Waals surface area contributed by atoms with E-state index < -0.39 is 24.6 Å². The van der Waals surface area contributed by atoms with E-state index in [2.05, 4.69) is 10.1 Å². The van der Waals surface area contributed by atoms with Crippen molar-refractivity contribution >= 4 is 23.6 Å². The molecule has 1 atom stereocenters. The number of nitrogens with two attached hydrogens (primary N) is 1. The zero-order chi connectivity index (χ0) is 20.5. The Morgan fingerprint density at radius 3 is 2.29 bits per heavy atom. The molecule has 0 aliphatic rings. The highest BCUT2D eigenvalue weighted by atomic mass is 16.5. The van der Waals surface area contributed by atoms with Crippen molar-refractivity contribution in [3.63, 3.8) is 0 Å². The molecule has 8 heteroatoms. The average Bonchev–Trinajstić information content (AvgIpc) is 2.71. The van der Waals surface area contributed by atoms with Crippen LogP contribution in [0.3, 0.4) is 0 Å². The quantitative estimate of drug-likeness (QED) is 0.715. The molecule has 0 unspecified atom stereocenters. The second-order valence-corrected chi connectivity index (χ2v) is 6.01. The smallest absolute Gasteiger partial charge is 0.405 e. The molecule has 148 valence electrons. The lowest BCUT2D eigenvalue weighted by Gasteiger charge is -2.25. The maximum Gasteiger partial charge on any atom is 0.405 e. The fourth-order valence-electron chi connectivity index (χ4n) is 2.59. The van der Waals surface area contributed by atoms with E-state index >= 15 is 0 Å². The maximum atomic E-state index is 13.0. The van der Waals surface area contributed by atoms with Crippen LogP contribution in [0.5, 0.6) is 5.75 Å². The number of nitrogens with zero attached hydrogens (tertiary/aromatic N) is 1. The summed E-state index contributed by atoms with van der Waals surface area (Å²) in [6.45, 7) is -0.555. The van der Waals surface area contributed by atoms with Gasteiger partial charge in [-0.15, -0.1) is 0 Å². The Morgan fingerprint density at radius 2 is 1.71 bits per heavy atom. The van der Waals surface area contributed by atoms with E-state index in [1.165, 1.54) is 4.90 Å². The topological polar surface area (TPSA) is 111 Å². The molecule has 0 radical (unpaired) electrons. The van der Waals surface area contributed by atoms with Crippen molar-refractivity contribution in [2.45, 2.75) is 12.5 Å².